The molecular weight excluding hydrogens is 593 g/mol. The first-order valence-electron chi connectivity index (χ1n) is 15.6. The molecule has 0 aliphatic rings. The fourth-order valence-electron chi connectivity index (χ4n) is 7.30. The van der Waals surface area contributed by atoms with Gasteiger partial charge in [-0.25, -0.2) is 4.85 Å². The smallest absolute Gasteiger partial charge is 0.230 e. The summed E-state index contributed by atoms with van der Waals surface area (Å²) in [4.78, 5) is 3.99. The van der Waals surface area contributed by atoms with Gasteiger partial charge < -0.3 is 8.98 Å². The predicted molar refractivity (Wildman–Crippen MR) is 198 cm³/mol. The second-order valence-corrected chi connectivity index (χ2v) is 13.0. The summed E-state index contributed by atoms with van der Waals surface area (Å²) in [6.07, 6.45) is 0. The van der Waals surface area contributed by atoms with Gasteiger partial charge in [0.1, 0.15) is 5.58 Å². The number of benzene rings is 7. The molecule has 0 radical (unpaired) electrons. The van der Waals surface area contributed by atoms with Gasteiger partial charge in [0.25, 0.3) is 0 Å². The minimum Gasteiger partial charge on any atom is -0.465 e. The molecule has 218 valence electrons. The van der Waals surface area contributed by atoms with Gasteiger partial charge in [-0.05, 0) is 64.7 Å². The van der Waals surface area contributed by atoms with Gasteiger partial charge in [0.15, 0.2) is 5.58 Å². The van der Waals surface area contributed by atoms with Crippen LogP contribution in [0.3, 0.4) is 0 Å². The minimum atomic E-state index is 0.521. The Bertz CT molecular complexity index is 2920. The fourth-order valence-corrected chi connectivity index (χ4v) is 8.54. The van der Waals surface area contributed by atoms with E-state index in [2.05, 4.69) is 149 Å². The third-order valence-corrected chi connectivity index (χ3v) is 10.6. The van der Waals surface area contributed by atoms with Crippen LogP contribution in [-0.4, -0.2) is 4.57 Å². The third kappa shape index (κ3) is 3.78. The molecule has 7 aromatic carbocycles. The number of hydrogen-bond donors (Lipinski definition) is 0. The van der Waals surface area contributed by atoms with Crippen molar-refractivity contribution in [2.24, 2.45) is 0 Å². The van der Waals surface area contributed by atoms with E-state index < -0.39 is 0 Å². The molecule has 0 amide bonds. The van der Waals surface area contributed by atoms with Crippen molar-refractivity contribution in [3.8, 4) is 27.9 Å². The highest BCUT2D eigenvalue weighted by molar-refractivity contribution is 7.26. The number of fused-ring (bicyclic) bond motifs is 9. The highest BCUT2D eigenvalue weighted by Gasteiger charge is 2.21. The van der Waals surface area contributed by atoms with Crippen LogP contribution in [0.5, 0.6) is 0 Å². The maximum Gasteiger partial charge on any atom is 0.230 e. The second kappa shape index (κ2) is 9.92. The van der Waals surface area contributed by atoms with Crippen LogP contribution in [0.2, 0.25) is 0 Å². The van der Waals surface area contributed by atoms with E-state index in [4.69, 9.17) is 11.0 Å². The molecule has 10 rings (SSSR count). The summed E-state index contributed by atoms with van der Waals surface area (Å²) in [5.41, 5.74) is 9.65. The van der Waals surface area contributed by atoms with Gasteiger partial charge in [-0.3, -0.25) is 0 Å². The van der Waals surface area contributed by atoms with Crippen LogP contribution in [0.1, 0.15) is 0 Å². The van der Waals surface area contributed by atoms with Crippen molar-refractivity contribution in [1.29, 1.82) is 0 Å². The number of aromatic nitrogens is 1. The number of thiophene rings is 1. The molecule has 4 heteroatoms. The Morgan fingerprint density at radius 2 is 1.23 bits per heavy atom. The fraction of sp³-hybridized carbons (Fsp3) is 0. The zero-order chi connectivity index (χ0) is 31.1. The molecule has 0 spiro atoms. The Morgan fingerprint density at radius 1 is 0.511 bits per heavy atom. The number of hydrogen-bond acceptors (Lipinski definition) is 2. The number of nitrogens with zero attached hydrogens (tertiary/aromatic N) is 2. The molecule has 0 N–H and O–H groups in total. The molecule has 0 saturated carbocycles. The Kier molecular flexibility index (Phi) is 5.51. The van der Waals surface area contributed by atoms with E-state index in [1.807, 2.05) is 6.07 Å². The van der Waals surface area contributed by atoms with Gasteiger partial charge in [0.2, 0.25) is 5.69 Å². The Labute approximate surface area is 274 Å². The molecule has 3 heterocycles. The molecule has 0 atom stereocenters. The van der Waals surface area contributed by atoms with Crippen LogP contribution in [0.4, 0.5) is 5.69 Å². The summed E-state index contributed by atoms with van der Waals surface area (Å²) in [5, 5.41) is 6.84. The van der Waals surface area contributed by atoms with Crippen molar-refractivity contribution in [2.75, 3.05) is 0 Å². The molecule has 0 aliphatic heterocycles. The van der Waals surface area contributed by atoms with E-state index >= 15 is 0 Å². The first-order chi connectivity index (χ1) is 23.3. The zero-order valence-corrected chi connectivity index (χ0v) is 25.9. The summed E-state index contributed by atoms with van der Waals surface area (Å²) in [6, 6.07) is 51.4. The van der Waals surface area contributed by atoms with Crippen LogP contribution in [0.25, 0.3) is 96.7 Å². The summed E-state index contributed by atoms with van der Waals surface area (Å²) < 4.78 is 11.5. The molecule has 3 aromatic heterocycles. The highest BCUT2D eigenvalue weighted by Crippen LogP contribution is 2.45. The lowest BCUT2D eigenvalue weighted by atomic mass is 9.99. The molecule has 10 aromatic rings. The largest absolute Gasteiger partial charge is 0.465 e. The lowest BCUT2D eigenvalue weighted by molar-refractivity contribution is 0.668. The summed E-state index contributed by atoms with van der Waals surface area (Å²) in [5.74, 6) is 0. The third-order valence-electron chi connectivity index (χ3n) is 9.41. The van der Waals surface area contributed by atoms with Gasteiger partial charge >= 0.3 is 0 Å². The predicted octanol–water partition coefficient (Wildman–Crippen LogP) is 12.9. The molecule has 0 fully saturated rings. The molecule has 0 aliphatic carbocycles. The van der Waals surface area contributed by atoms with E-state index in [0.29, 0.717) is 11.3 Å². The van der Waals surface area contributed by atoms with Gasteiger partial charge in [-0.1, -0.05) is 103 Å². The van der Waals surface area contributed by atoms with Crippen LogP contribution in [0, 0.1) is 6.57 Å². The van der Waals surface area contributed by atoms with Crippen molar-refractivity contribution in [3.05, 3.63) is 157 Å². The Balaban J connectivity index is 1.23. The van der Waals surface area contributed by atoms with Crippen molar-refractivity contribution in [3.63, 3.8) is 0 Å². The number of furan rings is 1. The zero-order valence-electron chi connectivity index (χ0n) is 25.1. The van der Waals surface area contributed by atoms with Gasteiger partial charge in [0.05, 0.1) is 23.3 Å². The average Bonchev–Trinajstić information content (AvgIpc) is 3.81. The van der Waals surface area contributed by atoms with Crippen molar-refractivity contribution < 1.29 is 4.42 Å². The maximum atomic E-state index is 8.17. The number of para-hydroxylation sites is 2. The van der Waals surface area contributed by atoms with E-state index in [-0.39, 0.29) is 0 Å². The first kappa shape index (κ1) is 26.1. The lowest BCUT2D eigenvalue weighted by Crippen LogP contribution is -1.94. The number of rotatable bonds is 3. The SMILES string of the molecule is [C-]#[N+]c1cc(-c2cccc3c2sc2ccccc23)cc2c1oc1c(-n3c4ccccc4c4cc(-c5ccccc5)ccc43)cccc12. The van der Waals surface area contributed by atoms with Crippen molar-refractivity contribution in [1.82, 2.24) is 4.57 Å². The monoisotopic (exact) mass is 616 g/mol. The van der Waals surface area contributed by atoms with Crippen LogP contribution >= 0.6 is 11.3 Å². The van der Waals surface area contributed by atoms with E-state index in [1.54, 1.807) is 11.3 Å². The first-order valence-corrected chi connectivity index (χ1v) is 16.4. The molecular formula is C43H24N2OS. The Morgan fingerprint density at radius 3 is 2.13 bits per heavy atom. The highest BCUT2D eigenvalue weighted by atomic mass is 32.1. The quantitative estimate of drug-likeness (QED) is 0.181. The molecule has 0 bridgehead atoms. The van der Waals surface area contributed by atoms with Gasteiger partial charge in [-0.2, -0.15) is 0 Å². The lowest BCUT2D eigenvalue weighted by Gasteiger charge is -2.09. The van der Waals surface area contributed by atoms with Gasteiger partial charge in [-0.15, -0.1) is 11.3 Å². The topological polar surface area (TPSA) is 22.4 Å². The van der Waals surface area contributed by atoms with Crippen LogP contribution in [-0.2, 0) is 0 Å². The van der Waals surface area contributed by atoms with Crippen molar-refractivity contribution >= 4 is 80.9 Å². The normalized spacial score (nSPS) is 11.8. The average molecular weight is 617 g/mol. The van der Waals surface area contributed by atoms with Crippen molar-refractivity contribution in [2.45, 2.75) is 0 Å². The second-order valence-electron chi connectivity index (χ2n) is 12.0. The molecule has 47 heavy (non-hydrogen) atoms. The van der Waals surface area contributed by atoms with Crippen LogP contribution < -0.4 is 0 Å². The molecule has 0 unspecified atom stereocenters. The van der Waals surface area contributed by atoms with Crippen LogP contribution in [0.15, 0.2) is 150 Å². The van der Waals surface area contributed by atoms with E-state index in [1.165, 1.54) is 42.1 Å². The molecule has 0 saturated heterocycles. The molecule has 3 nitrogen and oxygen atoms in total. The minimum absolute atomic E-state index is 0.521. The standard InChI is InChI=1S/C43H24N2OS/c1-44-36-25-28(29-15-9-17-33-31-14-6-8-20-40(31)47-43(29)33)24-35-32-16-10-19-39(42(32)46-41(35)36)45-37-18-7-5-13-30(37)34-23-27(21-22-38(34)45)26-11-3-2-4-12-26/h2-25H. The van der Waals surface area contributed by atoms with Gasteiger partial charge in [0, 0.05) is 41.7 Å². The summed E-state index contributed by atoms with van der Waals surface area (Å²) in [6.45, 7) is 8.17. The maximum absolute atomic E-state index is 8.17. The Hall–Kier alpha value is -6.15. The van der Waals surface area contributed by atoms with E-state index in [0.717, 1.165) is 44.2 Å². The van der Waals surface area contributed by atoms with E-state index in [9.17, 15) is 0 Å². The summed E-state index contributed by atoms with van der Waals surface area (Å²) in [7, 11) is 0. The summed E-state index contributed by atoms with van der Waals surface area (Å²) >= 11 is 1.81.